The van der Waals surface area contributed by atoms with E-state index in [9.17, 15) is 17.6 Å². The standard InChI is InChI=1S/C13H9F4N/c14-10-4-1-8(2-5-10)9-3-6-11(12(18)7-9)13(15,16)17/h1-7H,18H2. The molecule has 0 spiro atoms. The molecule has 0 amide bonds. The molecule has 2 N–H and O–H groups in total. The summed E-state index contributed by atoms with van der Waals surface area (Å²) >= 11 is 0. The van der Waals surface area contributed by atoms with E-state index in [1.165, 1.54) is 36.4 Å². The maximum absolute atomic E-state index is 12.7. The molecule has 0 aliphatic carbocycles. The Hall–Kier alpha value is -2.04. The first-order valence-electron chi connectivity index (χ1n) is 5.10. The predicted octanol–water partition coefficient (Wildman–Crippen LogP) is 4.09. The lowest BCUT2D eigenvalue weighted by molar-refractivity contribution is -0.136. The van der Waals surface area contributed by atoms with Crippen LogP contribution in [0.4, 0.5) is 23.2 Å². The highest BCUT2D eigenvalue weighted by atomic mass is 19.4. The van der Waals surface area contributed by atoms with Crippen molar-refractivity contribution >= 4 is 5.69 Å². The molecular formula is C13H9F4N. The molecule has 0 fully saturated rings. The quantitative estimate of drug-likeness (QED) is 0.602. The molecule has 2 aromatic rings. The van der Waals surface area contributed by atoms with Gasteiger partial charge in [0.25, 0.3) is 0 Å². The molecule has 1 nitrogen and oxygen atoms in total. The van der Waals surface area contributed by atoms with Crippen LogP contribution in [0.25, 0.3) is 11.1 Å². The molecule has 2 aromatic carbocycles. The molecule has 0 radical (unpaired) electrons. The van der Waals surface area contributed by atoms with E-state index >= 15 is 0 Å². The maximum Gasteiger partial charge on any atom is 0.418 e. The minimum Gasteiger partial charge on any atom is -0.398 e. The van der Waals surface area contributed by atoms with E-state index < -0.39 is 17.6 Å². The van der Waals surface area contributed by atoms with Gasteiger partial charge < -0.3 is 5.73 Å². The third kappa shape index (κ3) is 2.45. The number of nitrogens with two attached hydrogens (primary N) is 1. The zero-order chi connectivity index (χ0) is 13.3. The number of nitrogen functional groups attached to an aromatic ring is 1. The van der Waals surface area contributed by atoms with Gasteiger partial charge >= 0.3 is 6.18 Å². The Kier molecular flexibility index (Phi) is 2.98. The molecule has 0 saturated carbocycles. The lowest BCUT2D eigenvalue weighted by Gasteiger charge is -2.11. The fraction of sp³-hybridized carbons (Fsp3) is 0.0769. The second-order valence-electron chi connectivity index (χ2n) is 3.81. The Bertz CT molecular complexity index is 558. The first-order valence-corrected chi connectivity index (χ1v) is 5.10. The van der Waals surface area contributed by atoms with Gasteiger partial charge in [0, 0.05) is 5.69 Å². The second kappa shape index (κ2) is 4.33. The molecule has 2 rings (SSSR count). The Morgan fingerprint density at radius 2 is 1.39 bits per heavy atom. The Balaban J connectivity index is 2.43. The van der Waals surface area contributed by atoms with Crippen molar-refractivity contribution in [2.45, 2.75) is 6.18 Å². The monoisotopic (exact) mass is 255 g/mol. The molecule has 0 bridgehead atoms. The summed E-state index contributed by atoms with van der Waals surface area (Å²) in [5.41, 5.74) is 5.29. The van der Waals surface area contributed by atoms with Crippen molar-refractivity contribution in [3.63, 3.8) is 0 Å². The molecule has 0 aromatic heterocycles. The van der Waals surface area contributed by atoms with Crippen LogP contribution in [0, 0.1) is 5.82 Å². The average molecular weight is 255 g/mol. The van der Waals surface area contributed by atoms with Crippen LogP contribution in [-0.4, -0.2) is 0 Å². The number of hydrogen-bond donors (Lipinski definition) is 1. The van der Waals surface area contributed by atoms with Crippen molar-refractivity contribution in [1.82, 2.24) is 0 Å². The smallest absolute Gasteiger partial charge is 0.398 e. The molecule has 0 heterocycles. The molecule has 0 aliphatic heterocycles. The summed E-state index contributed by atoms with van der Waals surface area (Å²) in [5, 5.41) is 0. The summed E-state index contributed by atoms with van der Waals surface area (Å²) in [6.45, 7) is 0. The SMILES string of the molecule is Nc1cc(-c2ccc(F)cc2)ccc1C(F)(F)F. The number of alkyl halides is 3. The van der Waals surface area contributed by atoms with Gasteiger partial charge in [-0.1, -0.05) is 18.2 Å². The highest BCUT2D eigenvalue weighted by Crippen LogP contribution is 2.35. The Morgan fingerprint density at radius 1 is 0.833 bits per heavy atom. The summed E-state index contributed by atoms with van der Waals surface area (Å²) in [4.78, 5) is 0. The number of hydrogen-bond acceptors (Lipinski definition) is 1. The second-order valence-corrected chi connectivity index (χ2v) is 3.81. The molecule has 0 atom stereocenters. The number of rotatable bonds is 1. The van der Waals surface area contributed by atoms with Gasteiger partial charge in [-0.2, -0.15) is 13.2 Å². The van der Waals surface area contributed by atoms with Crippen LogP contribution in [0.15, 0.2) is 42.5 Å². The van der Waals surface area contributed by atoms with Crippen molar-refractivity contribution in [3.05, 3.63) is 53.8 Å². The molecule has 94 valence electrons. The van der Waals surface area contributed by atoms with Crippen LogP contribution in [-0.2, 0) is 6.18 Å². The minimum absolute atomic E-state index is 0.343. The van der Waals surface area contributed by atoms with E-state index in [4.69, 9.17) is 5.73 Å². The lowest BCUT2D eigenvalue weighted by atomic mass is 10.0. The summed E-state index contributed by atoms with van der Waals surface area (Å²) in [6, 6.07) is 8.91. The van der Waals surface area contributed by atoms with Crippen LogP contribution in [0.5, 0.6) is 0 Å². The van der Waals surface area contributed by atoms with Gasteiger partial charge in [-0.05, 0) is 35.4 Å². The van der Waals surface area contributed by atoms with Gasteiger partial charge in [-0.25, -0.2) is 4.39 Å². The van der Waals surface area contributed by atoms with Gasteiger partial charge in [0.15, 0.2) is 0 Å². The third-order valence-corrected chi connectivity index (χ3v) is 2.53. The minimum atomic E-state index is -4.47. The summed E-state index contributed by atoms with van der Waals surface area (Å²) in [6.07, 6.45) is -4.47. The fourth-order valence-electron chi connectivity index (χ4n) is 1.64. The molecule has 0 unspecified atom stereocenters. The van der Waals surface area contributed by atoms with Crippen LogP contribution in [0.2, 0.25) is 0 Å². The van der Waals surface area contributed by atoms with E-state index in [-0.39, 0.29) is 5.69 Å². The van der Waals surface area contributed by atoms with E-state index in [0.717, 1.165) is 6.07 Å². The van der Waals surface area contributed by atoms with Crippen LogP contribution >= 0.6 is 0 Å². The third-order valence-electron chi connectivity index (χ3n) is 2.53. The van der Waals surface area contributed by atoms with Gasteiger partial charge in [-0.3, -0.25) is 0 Å². The molecular weight excluding hydrogens is 246 g/mol. The Labute approximate surface area is 101 Å². The lowest BCUT2D eigenvalue weighted by Crippen LogP contribution is -2.08. The van der Waals surface area contributed by atoms with E-state index in [1.54, 1.807) is 0 Å². The van der Waals surface area contributed by atoms with Gasteiger partial charge in [0.2, 0.25) is 0 Å². The van der Waals surface area contributed by atoms with Gasteiger partial charge in [-0.15, -0.1) is 0 Å². The van der Waals surface area contributed by atoms with E-state index in [1.807, 2.05) is 0 Å². The van der Waals surface area contributed by atoms with Crippen molar-refractivity contribution in [1.29, 1.82) is 0 Å². The summed E-state index contributed by atoms with van der Waals surface area (Å²) in [7, 11) is 0. The fourth-order valence-corrected chi connectivity index (χ4v) is 1.64. The summed E-state index contributed by atoms with van der Waals surface area (Å²) in [5.74, 6) is -0.404. The average Bonchev–Trinajstić information content (AvgIpc) is 2.28. The van der Waals surface area contributed by atoms with Crippen molar-refractivity contribution in [2.75, 3.05) is 5.73 Å². The number of anilines is 1. The van der Waals surface area contributed by atoms with Crippen LogP contribution in [0.1, 0.15) is 5.56 Å². The molecule has 5 heteroatoms. The summed E-state index contributed by atoms with van der Waals surface area (Å²) < 4.78 is 50.2. The highest BCUT2D eigenvalue weighted by molar-refractivity contribution is 5.69. The molecule has 0 saturated heterocycles. The largest absolute Gasteiger partial charge is 0.418 e. The number of halogens is 4. The van der Waals surface area contributed by atoms with Gasteiger partial charge in [0.05, 0.1) is 5.56 Å². The molecule has 18 heavy (non-hydrogen) atoms. The molecule has 0 aliphatic rings. The topological polar surface area (TPSA) is 26.0 Å². The van der Waals surface area contributed by atoms with Gasteiger partial charge in [0.1, 0.15) is 5.82 Å². The van der Waals surface area contributed by atoms with Crippen molar-refractivity contribution in [2.24, 2.45) is 0 Å². The first-order chi connectivity index (χ1) is 8.38. The van der Waals surface area contributed by atoms with Crippen molar-refractivity contribution < 1.29 is 17.6 Å². The predicted molar refractivity (Wildman–Crippen MR) is 61.3 cm³/mol. The first kappa shape index (κ1) is 12.4. The van der Waals surface area contributed by atoms with Crippen LogP contribution < -0.4 is 5.73 Å². The van der Waals surface area contributed by atoms with Crippen molar-refractivity contribution in [3.8, 4) is 11.1 Å². The zero-order valence-electron chi connectivity index (χ0n) is 9.13. The number of benzene rings is 2. The van der Waals surface area contributed by atoms with E-state index in [0.29, 0.717) is 11.1 Å². The highest BCUT2D eigenvalue weighted by Gasteiger charge is 2.32. The Morgan fingerprint density at radius 3 is 1.89 bits per heavy atom. The van der Waals surface area contributed by atoms with Crippen LogP contribution in [0.3, 0.4) is 0 Å². The normalized spacial score (nSPS) is 11.6. The van der Waals surface area contributed by atoms with E-state index in [2.05, 4.69) is 0 Å². The zero-order valence-corrected chi connectivity index (χ0v) is 9.13. The maximum atomic E-state index is 12.7.